The maximum absolute atomic E-state index is 12.2. The smallest absolute Gasteiger partial charge is 0.223 e. The number of nitrogens with zero attached hydrogens (tertiary/aromatic N) is 2. The number of rotatable bonds is 5. The van der Waals surface area contributed by atoms with Crippen molar-refractivity contribution in [3.63, 3.8) is 0 Å². The fourth-order valence-corrected chi connectivity index (χ4v) is 3.83. The topological polar surface area (TPSA) is 66.6 Å². The lowest BCUT2D eigenvalue weighted by Gasteiger charge is -2.35. The highest BCUT2D eigenvalue weighted by atomic mass is 32.2. The summed E-state index contributed by atoms with van der Waals surface area (Å²) in [4.78, 5) is 2.34. The molecule has 2 N–H and O–H groups in total. The van der Waals surface area contributed by atoms with E-state index in [1.807, 2.05) is 0 Å². The molecule has 0 spiro atoms. The molecule has 1 heterocycles. The van der Waals surface area contributed by atoms with E-state index in [9.17, 15) is 8.42 Å². The lowest BCUT2D eigenvalue weighted by atomic mass is 10.2. The summed E-state index contributed by atoms with van der Waals surface area (Å²) in [5.41, 5.74) is 5.44. The highest BCUT2D eigenvalue weighted by Gasteiger charge is 2.32. The highest BCUT2D eigenvalue weighted by molar-refractivity contribution is 7.92. The molecular weight excluding hydrogens is 270 g/mol. The van der Waals surface area contributed by atoms with Gasteiger partial charge in [-0.25, -0.2) is 8.42 Å². The minimum absolute atomic E-state index is 0.0413. The van der Waals surface area contributed by atoms with E-state index < -0.39 is 15.3 Å². The van der Waals surface area contributed by atoms with E-state index in [0.717, 1.165) is 19.6 Å². The van der Waals surface area contributed by atoms with E-state index in [4.69, 9.17) is 18.0 Å². The Kier molecular flexibility index (Phi) is 5.51. The van der Waals surface area contributed by atoms with Crippen LogP contribution in [0.5, 0.6) is 0 Å². The van der Waals surface area contributed by atoms with Gasteiger partial charge in [0.15, 0.2) is 0 Å². The third kappa shape index (κ3) is 3.88. The van der Waals surface area contributed by atoms with Crippen LogP contribution in [0.4, 0.5) is 0 Å². The van der Waals surface area contributed by atoms with E-state index >= 15 is 0 Å². The van der Waals surface area contributed by atoms with Crippen LogP contribution in [0.2, 0.25) is 0 Å². The van der Waals surface area contributed by atoms with Crippen molar-refractivity contribution in [3.8, 4) is 0 Å². The second-order valence-electron chi connectivity index (χ2n) is 5.18. The summed E-state index contributed by atoms with van der Waals surface area (Å²) in [6.07, 6.45) is 0. The van der Waals surface area contributed by atoms with Crippen molar-refractivity contribution >= 4 is 27.2 Å². The summed E-state index contributed by atoms with van der Waals surface area (Å²) in [6, 6.07) is 0. The molecule has 0 aromatic heterocycles. The number of hydrogen-bond acceptors (Lipinski definition) is 4. The van der Waals surface area contributed by atoms with Crippen LogP contribution in [0.15, 0.2) is 0 Å². The normalized spacial score (nSPS) is 21.1. The summed E-state index contributed by atoms with van der Waals surface area (Å²) in [5, 5.41) is -0.774. The van der Waals surface area contributed by atoms with E-state index in [2.05, 4.69) is 18.7 Å². The molecule has 5 nitrogen and oxygen atoms in total. The highest BCUT2D eigenvalue weighted by Crippen LogP contribution is 2.13. The van der Waals surface area contributed by atoms with Crippen LogP contribution in [-0.2, 0) is 10.0 Å². The zero-order valence-electron chi connectivity index (χ0n) is 11.3. The molecule has 0 saturated carbocycles. The maximum atomic E-state index is 12.2. The fourth-order valence-electron chi connectivity index (χ4n) is 2.05. The molecule has 0 amide bonds. The lowest BCUT2D eigenvalue weighted by molar-refractivity contribution is 0.172. The first-order valence-corrected chi connectivity index (χ1v) is 8.17. The lowest BCUT2D eigenvalue weighted by Crippen LogP contribution is -2.52. The van der Waals surface area contributed by atoms with Crippen LogP contribution in [0.25, 0.3) is 0 Å². The number of nitrogens with two attached hydrogens (primary N) is 1. The average Bonchev–Trinajstić information content (AvgIpc) is 2.27. The van der Waals surface area contributed by atoms with Gasteiger partial charge < -0.3 is 10.6 Å². The second kappa shape index (κ2) is 6.27. The quantitative estimate of drug-likeness (QED) is 0.737. The van der Waals surface area contributed by atoms with Gasteiger partial charge in [0.2, 0.25) is 10.0 Å². The first-order valence-electron chi connectivity index (χ1n) is 6.25. The number of piperazine rings is 1. The van der Waals surface area contributed by atoms with Crippen molar-refractivity contribution in [3.05, 3.63) is 0 Å². The van der Waals surface area contributed by atoms with E-state index in [0.29, 0.717) is 19.0 Å². The third-order valence-corrected chi connectivity index (χ3v) is 5.90. The van der Waals surface area contributed by atoms with E-state index in [1.54, 1.807) is 6.92 Å². The Labute approximate surface area is 115 Å². The van der Waals surface area contributed by atoms with Gasteiger partial charge in [0.1, 0.15) is 5.25 Å². The Hall–Kier alpha value is -0.240. The van der Waals surface area contributed by atoms with Crippen molar-refractivity contribution in [1.82, 2.24) is 9.21 Å². The van der Waals surface area contributed by atoms with Gasteiger partial charge in [0.25, 0.3) is 0 Å². The predicted octanol–water partition coefficient (Wildman–Crippen LogP) is 0.264. The van der Waals surface area contributed by atoms with Gasteiger partial charge in [-0.1, -0.05) is 26.1 Å². The van der Waals surface area contributed by atoms with Gasteiger partial charge in [-0.15, -0.1) is 0 Å². The van der Waals surface area contributed by atoms with Gasteiger partial charge in [-0.05, 0) is 12.8 Å². The van der Waals surface area contributed by atoms with Gasteiger partial charge in [-0.2, -0.15) is 4.31 Å². The van der Waals surface area contributed by atoms with E-state index in [1.165, 1.54) is 4.31 Å². The number of hydrogen-bond donors (Lipinski definition) is 1. The molecule has 1 fully saturated rings. The number of sulfonamides is 1. The molecule has 1 rings (SSSR count). The monoisotopic (exact) mass is 293 g/mol. The molecule has 1 saturated heterocycles. The molecule has 0 bridgehead atoms. The average molecular weight is 293 g/mol. The third-order valence-electron chi connectivity index (χ3n) is 3.16. The maximum Gasteiger partial charge on any atom is 0.223 e. The van der Waals surface area contributed by atoms with Gasteiger partial charge in [-0.3, -0.25) is 0 Å². The summed E-state index contributed by atoms with van der Waals surface area (Å²) >= 11 is 4.78. The van der Waals surface area contributed by atoms with Crippen LogP contribution >= 0.6 is 12.2 Å². The Bertz CT molecular complexity index is 387. The molecule has 1 aliphatic heterocycles. The minimum atomic E-state index is -3.37. The van der Waals surface area contributed by atoms with Crippen molar-refractivity contribution in [2.24, 2.45) is 11.7 Å². The largest absolute Gasteiger partial charge is 0.392 e. The molecule has 106 valence electrons. The van der Waals surface area contributed by atoms with Crippen molar-refractivity contribution in [2.75, 3.05) is 32.7 Å². The standard InChI is InChI=1S/C11H23N3O2S2/c1-9(2)8-13-4-6-14(7-5-13)18(15,16)10(3)11(12)17/h9-10H,4-8H2,1-3H3,(H2,12,17). The molecule has 1 atom stereocenters. The first kappa shape index (κ1) is 15.8. The van der Waals surface area contributed by atoms with Crippen molar-refractivity contribution in [2.45, 2.75) is 26.0 Å². The molecule has 1 unspecified atom stereocenters. The van der Waals surface area contributed by atoms with Gasteiger partial charge >= 0.3 is 0 Å². The predicted molar refractivity (Wildman–Crippen MR) is 78.0 cm³/mol. The molecule has 0 aliphatic carbocycles. The van der Waals surface area contributed by atoms with Crippen molar-refractivity contribution < 1.29 is 8.42 Å². The summed E-state index contributed by atoms with van der Waals surface area (Å²) in [7, 11) is -3.37. The first-order chi connectivity index (χ1) is 8.25. The Morgan fingerprint density at radius 3 is 2.11 bits per heavy atom. The second-order valence-corrected chi connectivity index (χ2v) is 7.91. The zero-order valence-corrected chi connectivity index (χ0v) is 12.9. The summed E-state index contributed by atoms with van der Waals surface area (Å²) in [5.74, 6) is 0.601. The van der Waals surface area contributed by atoms with Crippen molar-refractivity contribution in [1.29, 1.82) is 0 Å². The molecule has 7 heteroatoms. The van der Waals surface area contributed by atoms with Gasteiger partial charge in [0, 0.05) is 32.7 Å². The minimum Gasteiger partial charge on any atom is -0.392 e. The van der Waals surface area contributed by atoms with Gasteiger partial charge in [0.05, 0.1) is 4.99 Å². The molecule has 0 aromatic rings. The van der Waals surface area contributed by atoms with E-state index in [-0.39, 0.29) is 4.99 Å². The van der Waals surface area contributed by atoms with Crippen LogP contribution in [0.1, 0.15) is 20.8 Å². The molecular formula is C11H23N3O2S2. The Morgan fingerprint density at radius 2 is 1.72 bits per heavy atom. The molecule has 18 heavy (non-hydrogen) atoms. The van der Waals surface area contributed by atoms with Crippen LogP contribution in [0, 0.1) is 5.92 Å². The zero-order chi connectivity index (χ0) is 13.9. The number of thiocarbonyl (C=S) groups is 1. The summed E-state index contributed by atoms with van der Waals surface area (Å²) in [6.45, 7) is 9.51. The van der Waals surface area contributed by atoms with Crippen LogP contribution < -0.4 is 5.73 Å². The van der Waals surface area contributed by atoms with Crippen LogP contribution in [0.3, 0.4) is 0 Å². The Morgan fingerprint density at radius 1 is 1.22 bits per heavy atom. The SMILES string of the molecule is CC(C)CN1CCN(S(=O)(=O)C(C)C(N)=S)CC1. The molecule has 0 aromatic carbocycles. The molecule has 0 radical (unpaired) electrons. The summed E-state index contributed by atoms with van der Waals surface area (Å²) < 4.78 is 25.9. The Balaban J connectivity index is 2.60. The molecule has 1 aliphatic rings. The fraction of sp³-hybridized carbons (Fsp3) is 0.909. The van der Waals surface area contributed by atoms with Crippen LogP contribution in [-0.4, -0.2) is 60.6 Å².